The van der Waals surface area contributed by atoms with Crippen molar-refractivity contribution in [1.29, 1.82) is 0 Å². The molecule has 0 bridgehead atoms. The minimum Gasteiger partial charge on any atom is -0.461 e. The Bertz CT molecular complexity index is 1080. The molecule has 1 unspecified atom stereocenters. The first-order chi connectivity index (χ1) is 14.7. The average Bonchev–Trinajstić information content (AvgIpc) is 3.54. The lowest BCUT2D eigenvalue weighted by atomic mass is 10.1. The SMILES string of the molecule is CN=C(NCc1nc(-c2ccco2)n[nH]1)NCC(c1ccc(Cl)cc1)n1cccn1.I. The lowest BCUT2D eigenvalue weighted by Crippen LogP contribution is -2.40. The lowest BCUT2D eigenvalue weighted by Gasteiger charge is -2.20. The molecular formula is C20H22ClIN8O. The highest BCUT2D eigenvalue weighted by atomic mass is 127. The molecule has 31 heavy (non-hydrogen) atoms. The predicted molar refractivity (Wildman–Crippen MR) is 130 cm³/mol. The zero-order chi connectivity index (χ0) is 20.8. The number of aromatic amines is 1. The molecule has 0 amide bonds. The van der Waals surface area contributed by atoms with Gasteiger partial charge in [0.15, 0.2) is 11.7 Å². The van der Waals surface area contributed by atoms with E-state index >= 15 is 0 Å². The number of H-pyrrole nitrogens is 1. The molecule has 1 aromatic carbocycles. The van der Waals surface area contributed by atoms with E-state index < -0.39 is 0 Å². The molecule has 162 valence electrons. The Hall–Kier alpha value is -2.86. The fourth-order valence-corrected chi connectivity index (χ4v) is 3.11. The van der Waals surface area contributed by atoms with Crippen molar-refractivity contribution in [2.75, 3.05) is 13.6 Å². The van der Waals surface area contributed by atoms with Gasteiger partial charge in [0, 0.05) is 31.0 Å². The van der Waals surface area contributed by atoms with Gasteiger partial charge in [0.05, 0.1) is 18.8 Å². The Balaban J connectivity index is 0.00000272. The van der Waals surface area contributed by atoms with Gasteiger partial charge < -0.3 is 15.1 Å². The second-order valence-corrected chi connectivity index (χ2v) is 6.88. The molecule has 11 heteroatoms. The molecule has 0 fully saturated rings. The molecule has 4 aromatic rings. The first-order valence-electron chi connectivity index (χ1n) is 9.37. The number of nitrogens with one attached hydrogen (secondary N) is 3. The van der Waals surface area contributed by atoms with Crippen molar-refractivity contribution in [2.24, 2.45) is 4.99 Å². The molecule has 9 nitrogen and oxygen atoms in total. The van der Waals surface area contributed by atoms with E-state index in [0.717, 1.165) is 5.56 Å². The Morgan fingerprint density at radius 3 is 2.74 bits per heavy atom. The first-order valence-corrected chi connectivity index (χ1v) is 9.75. The Labute approximate surface area is 201 Å². The molecule has 1 atom stereocenters. The number of hydrogen-bond acceptors (Lipinski definition) is 5. The van der Waals surface area contributed by atoms with E-state index in [9.17, 15) is 0 Å². The molecule has 0 aliphatic carbocycles. The smallest absolute Gasteiger partial charge is 0.216 e. The van der Waals surface area contributed by atoms with Crippen molar-refractivity contribution in [2.45, 2.75) is 12.6 Å². The Kier molecular flexibility index (Phi) is 8.06. The Morgan fingerprint density at radius 1 is 1.23 bits per heavy atom. The fourth-order valence-electron chi connectivity index (χ4n) is 2.99. The van der Waals surface area contributed by atoms with Crippen molar-refractivity contribution in [3.8, 4) is 11.6 Å². The molecule has 3 aromatic heterocycles. The summed E-state index contributed by atoms with van der Waals surface area (Å²) in [6, 6.07) is 13.2. The van der Waals surface area contributed by atoms with Crippen LogP contribution in [0.25, 0.3) is 11.6 Å². The van der Waals surface area contributed by atoms with Crippen molar-refractivity contribution in [3.05, 3.63) is 77.5 Å². The average molecular weight is 553 g/mol. The van der Waals surface area contributed by atoms with E-state index in [4.69, 9.17) is 16.0 Å². The van der Waals surface area contributed by atoms with Crippen molar-refractivity contribution >= 4 is 41.5 Å². The van der Waals surface area contributed by atoms with Gasteiger partial charge in [-0.3, -0.25) is 14.8 Å². The van der Waals surface area contributed by atoms with E-state index in [1.807, 2.05) is 47.3 Å². The van der Waals surface area contributed by atoms with Gasteiger partial charge in [0.2, 0.25) is 5.82 Å². The summed E-state index contributed by atoms with van der Waals surface area (Å²) in [6.45, 7) is 1.01. The molecular weight excluding hydrogens is 531 g/mol. The van der Waals surface area contributed by atoms with Crippen LogP contribution < -0.4 is 10.6 Å². The zero-order valence-electron chi connectivity index (χ0n) is 16.7. The summed E-state index contributed by atoms with van der Waals surface area (Å²) in [6.07, 6.45) is 5.28. The summed E-state index contributed by atoms with van der Waals surface area (Å²) in [5, 5.41) is 18.7. The molecule has 0 aliphatic rings. The van der Waals surface area contributed by atoms with Crippen molar-refractivity contribution < 1.29 is 4.42 Å². The summed E-state index contributed by atoms with van der Waals surface area (Å²) in [5.41, 5.74) is 1.09. The van der Waals surface area contributed by atoms with Crippen LogP contribution in [-0.2, 0) is 6.54 Å². The number of aromatic nitrogens is 5. The third-order valence-electron chi connectivity index (χ3n) is 4.48. The van der Waals surface area contributed by atoms with E-state index in [-0.39, 0.29) is 30.0 Å². The number of nitrogens with zero attached hydrogens (tertiary/aromatic N) is 5. The fraction of sp³-hybridized carbons (Fsp3) is 0.200. The standard InChI is InChI=1S/C20H21ClN8O.HI/c1-22-20(24-13-18-26-19(28-27-18)17-4-2-11-30-17)23-12-16(29-10-3-9-25-29)14-5-7-15(21)8-6-14;/h2-11,16H,12-13H2,1H3,(H2,22,23,24)(H,26,27,28);1H. The maximum absolute atomic E-state index is 6.04. The summed E-state index contributed by atoms with van der Waals surface area (Å²) in [5.74, 6) is 2.44. The number of benzene rings is 1. The quantitative estimate of drug-likeness (QED) is 0.184. The number of halogens is 2. The minimum atomic E-state index is -0.0216. The van der Waals surface area contributed by atoms with E-state index in [0.29, 0.717) is 41.5 Å². The van der Waals surface area contributed by atoms with E-state index in [2.05, 4.69) is 35.9 Å². The number of guanidine groups is 1. The van der Waals surface area contributed by atoms with Gasteiger partial charge >= 0.3 is 0 Å². The van der Waals surface area contributed by atoms with Crippen LogP contribution in [-0.4, -0.2) is 44.5 Å². The van der Waals surface area contributed by atoms with Crippen LogP contribution in [0.4, 0.5) is 0 Å². The summed E-state index contributed by atoms with van der Waals surface area (Å²) < 4.78 is 7.21. The zero-order valence-corrected chi connectivity index (χ0v) is 19.8. The second kappa shape index (κ2) is 11.0. The van der Waals surface area contributed by atoms with Crippen LogP contribution in [0.5, 0.6) is 0 Å². The number of hydrogen-bond donors (Lipinski definition) is 3. The molecule has 4 rings (SSSR count). The van der Waals surface area contributed by atoms with Gasteiger partial charge in [-0.15, -0.1) is 29.1 Å². The molecule has 0 saturated heterocycles. The number of rotatable bonds is 7. The van der Waals surface area contributed by atoms with Crippen LogP contribution in [0.3, 0.4) is 0 Å². The number of furan rings is 1. The second-order valence-electron chi connectivity index (χ2n) is 6.44. The third kappa shape index (κ3) is 5.85. The lowest BCUT2D eigenvalue weighted by molar-refractivity contribution is 0.510. The van der Waals surface area contributed by atoms with E-state index in [1.165, 1.54) is 0 Å². The van der Waals surface area contributed by atoms with Crippen LogP contribution in [0, 0.1) is 0 Å². The monoisotopic (exact) mass is 552 g/mol. The van der Waals surface area contributed by atoms with Crippen molar-refractivity contribution in [1.82, 2.24) is 35.6 Å². The van der Waals surface area contributed by atoms with Crippen molar-refractivity contribution in [3.63, 3.8) is 0 Å². The van der Waals surface area contributed by atoms with Gasteiger partial charge in [0.25, 0.3) is 0 Å². The maximum atomic E-state index is 6.04. The van der Waals surface area contributed by atoms with Gasteiger partial charge in [0.1, 0.15) is 5.82 Å². The molecule has 0 saturated carbocycles. The largest absolute Gasteiger partial charge is 0.461 e. The maximum Gasteiger partial charge on any atom is 0.216 e. The van der Waals surface area contributed by atoms with Crippen LogP contribution in [0.2, 0.25) is 5.02 Å². The summed E-state index contributed by atoms with van der Waals surface area (Å²) in [7, 11) is 1.72. The Morgan fingerprint density at radius 2 is 2.06 bits per heavy atom. The molecule has 3 heterocycles. The highest BCUT2D eigenvalue weighted by molar-refractivity contribution is 14.0. The number of aliphatic imine (C=N–C) groups is 1. The van der Waals surface area contributed by atoms with Crippen LogP contribution >= 0.6 is 35.6 Å². The molecule has 0 spiro atoms. The van der Waals surface area contributed by atoms with Gasteiger partial charge in [-0.05, 0) is 35.9 Å². The highest BCUT2D eigenvalue weighted by Gasteiger charge is 2.15. The molecule has 0 aliphatic heterocycles. The van der Waals surface area contributed by atoms with Crippen LogP contribution in [0.1, 0.15) is 17.4 Å². The summed E-state index contributed by atoms with van der Waals surface area (Å²) >= 11 is 6.04. The topological polar surface area (TPSA) is 109 Å². The third-order valence-corrected chi connectivity index (χ3v) is 4.73. The normalized spacial score (nSPS) is 12.3. The predicted octanol–water partition coefficient (Wildman–Crippen LogP) is 3.49. The van der Waals surface area contributed by atoms with Gasteiger partial charge in [-0.2, -0.15) is 5.10 Å². The summed E-state index contributed by atoms with van der Waals surface area (Å²) in [4.78, 5) is 8.70. The van der Waals surface area contributed by atoms with Gasteiger partial charge in [-0.1, -0.05) is 23.7 Å². The molecule has 0 radical (unpaired) electrons. The minimum absolute atomic E-state index is 0. The van der Waals surface area contributed by atoms with Gasteiger partial charge in [-0.25, -0.2) is 4.98 Å². The van der Waals surface area contributed by atoms with E-state index in [1.54, 1.807) is 25.6 Å². The highest BCUT2D eigenvalue weighted by Crippen LogP contribution is 2.19. The van der Waals surface area contributed by atoms with Crippen LogP contribution in [0.15, 0.2) is 70.5 Å². The first kappa shape index (κ1) is 22.8. The molecule has 3 N–H and O–H groups in total.